The summed E-state index contributed by atoms with van der Waals surface area (Å²) in [6.07, 6.45) is 0. The highest BCUT2D eigenvalue weighted by molar-refractivity contribution is 5.62. The summed E-state index contributed by atoms with van der Waals surface area (Å²) in [5.74, 6) is 1.48. The van der Waals surface area contributed by atoms with Gasteiger partial charge in [0.05, 0.1) is 0 Å². The maximum Gasteiger partial charge on any atom is 0.115 e. The summed E-state index contributed by atoms with van der Waals surface area (Å²) in [7, 11) is 0. The van der Waals surface area contributed by atoms with Crippen LogP contribution in [0.4, 0.5) is 0 Å². The molecule has 0 aliphatic heterocycles. The molecule has 0 aliphatic rings. The highest BCUT2D eigenvalue weighted by Gasteiger charge is 1.91. The van der Waals surface area contributed by atoms with Crippen LogP contribution in [-0.2, 0) is 0 Å². The first kappa shape index (κ1) is 24.5. The lowest BCUT2D eigenvalue weighted by molar-refractivity contribution is 0.475. The van der Waals surface area contributed by atoms with Crippen molar-refractivity contribution in [3.63, 3.8) is 0 Å². The van der Waals surface area contributed by atoms with Gasteiger partial charge < -0.3 is 10.2 Å². The van der Waals surface area contributed by atoms with Crippen molar-refractivity contribution in [2.75, 3.05) is 0 Å². The molecule has 156 valence electrons. The monoisotopic (exact) mass is 400 g/mol. The third kappa shape index (κ3) is 12.8. The maximum absolute atomic E-state index is 8.63. The zero-order valence-corrected chi connectivity index (χ0v) is 18.0. The standard InChI is InChI=1S/C12H10.2C6H6O.C4H10/c1-3-7-11(8-4-1)12-9-5-2-6-10-12;2*7-6-4-2-1-3-5-6;1-4(2)3/h1-10H;2*1-5,7H;4H,1-3H3. The summed E-state index contributed by atoms with van der Waals surface area (Å²) < 4.78 is 0. The summed E-state index contributed by atoms with van der Waals surface area (Å²) >= 11 is 0. The molecule has 0 atom stereocenters. The van der Waals surface area contributed by atoms with Crippen LogP contribution in [0.2, 0.25) is 0 Å². The van der Waals surface area contributed by atoms with E-state index in [9.17, 15) is 0 Å². The fraction of sp³-hybridized carbons (Fsp3) is 0.143. The van der Waals surface area contributed by atoms with Gasteiger partial charge in [0.2, 0.25) is 0 Å². The van der Waals surface area contributed by atoms with Crippen LogP contribution in [0.5, 0.6) is 11.5 Å². The van der Waals surface area contributed by atoms with Gasteiger partial charge in [-0.15, -0.1) is 0 Å². The smallest absolute Gasteiger partial charge is 0.115 e. The van der Waals surface area contributed by atoms with E-state index in [-0.39, 0.29) is 0 Å². The molecular formula is C28H32O2. The fourth-order valence-electron chi connectivity index (χ4n) is 2.12. The minimum Gasteiger partial charge on any atom is -0.508 e. The lowest BCUT2D eigenvalue weighted by Crippen LogP contribution is -1.73. The van der Waals surface area contributed by atoms with E-state index in [0.717, 1.165) is 5.92 Å². The highest BCUT2D eigenvalue weighted by Crippen LogP contribution is 2.17. The van der Waals surface area contributed by atoms with E-state index in [1.807, 2.05) is 24.3 Å². The van der Waals surface area contributed by atoms with Crippen LogP contribution in [0.1, 0.15) is 20.8 Å². The highest BCUT2D eigenvalue weighted by atomic mass is 16.3. The Morgan fingerprint density at radius 2 is 0.600 bits per heavy atom. The summed E-state index contributed by atoms with van der Waals surface area (Å²) in [5, 5.41) is 17.3. The van der Waals surface area contributed by atoms with E-state index in [4.69, 9.17) is 10.2 Å². The van der Waals surface area contributed by atoms with Gasteiger partial charge in [-0.05, 0) is 41.3 Å². The maximum atomic E-state index is 8.63. The van der Waals surface area contributed by atoms with E-state index < -0.39 is 0 Å². The Bertz CT molecular complexity index is 797. The molecule has 0 fully saturated rings. The molecule has 0 aliphatic carbocycles. The Morgan fingerprint density at radius 1 is 0.400 bits per heavy atom. The molecule has 4 rings (SSSR count). The molecule has 0 bridgehead atoms. The molecule has 0 heterocycles. The first-order valence-electron chi connectivity index (χ1n) is 10.1. The first-order valence-corrected chi connectivity index (χ1v) is 10.1. The molecule has 0 radical (unpaired) electrons. The van der Waals surface area contributed by atoms with Crippen LogP contribution in [0, 0.1) is 5.92 Å². The van der Waals surface area contributed by atoms with Gasteiger partial charge in [-0.25, -0.2) is 0 Å². The molecule has 0 amide bonds. The number of benzene rings is 4. The van der Waals surface area contributed by atoms with Crippen LogP contribution < -0.4 is 0 Å². The summed E-state index contributed by atoms with van der Waals surface area (Å²) in [6, 6.07) is 38.2. The number of hydrogen-bond acceptors (Lipinski definition) is 2. The Morgan fingerprint density at radius 3 is 0.767 bits per heavy atom. The van der Waals surface area contributed by atoms with Crippen molar-refractivity contribution in [1.82, 2.24) is 0 Å². The van der Waals surface area contributed by atoms with Crippen molar-refractivity contribution in [1.29, 1.82) is 0 Å². The Labute approximate surface area is 181 Å². The van der Waals surface area contributed by atoms with Crippen LogP contribution in [-0.4, -0.2) is 10.2 Å². The third-order valence-corrected chi connectivity index (χ3v) is 3.39. The van der Waals surface area contributed by atoms with Gasteiger partial charge in [-0.3, -0.25) is 0 Å². The van der Waals surface area contributed by atoms with Crippen molar-refractivity contribution in [3.05, 3.63) is 121 Å². The lowest BCUT2D eigenvalue weighted by atomic mass is 10.1. The van der Waals surface area contributed by atoms with E-state index >= 15 is 0 Å². The normalized spacial score (nSPS) is 9.07. The number of phenolic OH excluding ortho intramolecular Hbond substituents is 2. The number of aromatic hydroxyl groups is 2. The Hall–Kier alpha value is -3.52. The average Bonchev–Trinajstić information content (AvgIpc) is 2.77. The largest absolute Gasteiger partial charge is 0.508 e. The minimum atomic E-state index is 0.322. The fourth-order valence-corrected chi connectivity index (χ4v) is 2.12. The van der Waals surface area contributed by atoms with Crippen LogP contribution in [0.25, 0.3) is 11.1 Å². The Balaban J connectivity index is 0.000000217. The van der Waals surface area contributed by atoms with Gasteiger partial charge in [0.15, 0.2) is 0 Å². The van der Waals surface area contributed by atoms with Crippen LogP contribution in [0.15, 0.2) is 121 Å². The Kier molecular flexibility index (Phi) is 12.6. The van der Waals surface area contributed by atoms with Crippen molar-refractivity contribution >= 4 is 0 Å². The van der Waals surface area contributed by atoms with E-state index in [1.165, 1.54) is 11.1 Å². The van der Waals surface area contributed by atoms with E-state index in [2.05, 4.69) is 69.3 Å². The first-order chi connectivity index (χ1) is 14.5. The van der Waals surface area contributed by atoms with E-state index in [1.54, 1.807) is 48.5 Å². The molecular weight excluding hydrogens is 368 g/mol. The number of para-hydroxylation sites is 2. The zero-order chi connectivity index (χ0) is 22.0. The molecule has 0 unspecified atom stereocenters. The van der Waals surface area contributed by atoms with Crippen molar-refractivity contribution in [2.45, 2.75) is 20.8 Å². The van der Waals surface area contributed by atoms with Gasteiger partial charge in [0.25, 0.3) is 0 Å². The van der Waals surface area contributed by atoms with Crippen molar-refractivity contribution < 1.29 is 10.2 Å². The predicted molar refractivity (Wildman–Crippen MR) is 129 cm³/mol. The summed E-state index contributed by atoms with van der Waals surface area (Å²) in [5.41, 5.74) is 2.55. The van der Waals surface area contributed by atoms with Gasteiger partial charge in [-0.1, -0.05) is 118 Å². The van der Waals surface area contributed by atoms with Crippen molar-refractivity contribution in [3.8, 4) is 22.6 Å². The summed E-state index contributed by atoms with van der Waals surface area (Å²) in [6.45, 7) is 6.50. The lowest BCUT2D eigenvalue weighted by Gasteiger charge is -1.98. The molecule has 2 heteroatoms. The number of hydrogen-bond donors (Lipinski definition) is 2. The number of phenols is 2. The summed E-state index contributed by atoms with van der Waals surface area (Å²) in [4.78, 5) is 0. The second-order valence-electron chi connectivity index (χ2n) is 7.14. The van der Waals surface area contributed by atoms with E-state index in [0.29, 0.717) is 11.5 Å². The molecule has 0 saturated carbocycles. The quantitative estimate of drug-likeness (QED) is 0.342. The van der Waals surface area contributed by atoms with Gasteiger partial charge in [0, 0.05) is 0 Å². The van der Waals surface area contributed by atoms with Gasteiger partial charge >= 0.3 is 0 Å². The van der Waals surface area contributed by atoms with Crippen molar-refractivity contribution in [2.24, 2.45) is 5.92 Å². The zero-order valence-electron chi connectivity index (χ0n) is 18.0. The van der Waals surface area contributed by atoms with Crippen LogP contribution in [0.3, 0.4) is 0 Å². The predicted octanol–water partition coefficient (Wildman–Crippen LogP) is 7.80. The molecule has 4 aromatic carbocycles. The number of rotatable bonds is 1. The second-order valence-corrected chi connectivity index (χ2v) is 7.14. The van der Waals surface area contributed by atoms with Gasteiger partial charge in [-0.2, -0.15) is 0 Å². The average molecular weight is 401 g/mol. The minimum absolute atomic E-state index is 0.322. The molecule has 0 saturated heterocycles. The molecule has 2 nitrogen and oxygen atoms in total. The second kappa shape index (κ2) is 15.4. The third-order valence-electron chi connectivity index (χ3n) is 3.39. The molecule has 4 aromatic rings. The van der Waals surface area contributed by atoms with Crippen LogP contribution >= 0.6 is 0 Å². The molecule has 2 N–H and O–H groups in total. The molecule has 30 heavy (non-hydrogen) atoms. The topological polar surface area (TPSA) is 40.5 Å². The molecule has 0 aromatic heterocycles. The SMILES string of the molecule is CC(C)C.Oc1ccccc1.Oc1ccccc1.c1ccc(-c2ccccc2)cc1. The molecule has 0 spiro atoms. The van der Waals surface area contributed by atoms with Gasteiger partial charge in [0.1, 0.15) is 11.5 Å².